The molecule has 1 aromatic rings. The molecule has 1 saturated heterocycles. The lowest BCUT2D eigenvalue weighted by Crippen LogP contribution is -2.47. The van der Waals surface area contributed by atoms with Crippen LogP contribution in [0.5, 0.6) is 0 Å². The molecule has 0 amide bonds. The van der Waals surface area contributed by atoms with Gasteiger partial charge >= 0.3 is 0 Å². The monoisotopic (exact) mass is 192 g/mol. The Hall–Kier alpha value is -0.860. The lowest BCUT2D eigenvalue weighted by Gasteiger charge is -2.38. The van der Waals surface area contributed by atoms with Gasteiger partial charge < -0.3 is 9.84 Å². The maximum Gasteiger partial charge on any atom is 0.136 e. The van der Waals surface area contributed by atoms with E-state index in [2.05, 4.69) is 19.9 Å². The van der Waals surface area contributed by atoms with Crippen LogP contribution in [0.4, 0.5) is 0 Å². The maximum absolute atomic E-state index is 10.2. The molecule has 2 heteroatoms. The van der Waals surface area contributed by atoms with Crippen molar-refractivity contribution in [2.75, 3.05) is 13.2 Å². The van der Waals surface area contributed by atoms with E-state index >= 15 is 0 Å². The van der Waals surface area contributed by atoms with Crippen LogP contribution in [0.15, 0.2) is 24.3 Å². The molecule has 2 rings (SSSR count). The molecular weight excluding hydrogens is 176 g/mol. The molecule has 76 valence electrons. The minimum absolute atomic E-state index is 0.427. The van der Waals surface area contributed by atoms with Crippen LogP contribution < -0.4 is 0 Å². The van der Waals surface area contributed by atoms with Crippen molar-refractivity contribution >= 4 is 0 Å². The van der Waals surface area contributed by atoms with Crippen molar-refractivity contribution in [1.29, 1.82) is 0 Å². The van der Waals surface area contributed by atoms with E-state index in [-0.39, 0.29) is 0 Å². The second kappa shape index (κ2) is 3.37. The van der Waals surface area contributed by atoms with Crippen LogP contribution in [0.1, 0.15) is 30.9 Å². The second-order valence-corrected chi connectivity index (χ2v) is 4.27. The highest BCUT2D eigenvalue weighted by Gasteiger charge is 2.39. The van der Waals surface area contributed by atoms with Crippen molar-refractivity contribution in [2.24, 2.45) is 0 Å². The zero-order valence-electron chi connectivity index (χ0n) is 8.66. The van der Waals surface area contributed by atoms with Gasteiger partial charge in [0.1, 0.15) is 5.60 Å². The van der Waals surface area contributed by atoms with E-state index in [0.29, 0.717) is 19.1 Å². The van der Waals surface area contributed by atoms with E-state index < -0.39 is 5.60 Å². The maximum atomic E-state index is 10.2. The van der Waals surface area contributed by atoms with Gasteiger partial charge in [-0.2, -0.15) is 0 Å². The molecule has 2 nitrogen and oxygen atoms in total. The number of aliphatic hydroxyl groups is 1. The van der Waals surface area contributed by atoms with Crippen LogP contribution in [0.25, 0.3) is 0 Å². The van der Waals surface area contributed by atoms with Gasteiger partial charge in [0.2, 0.25) is 0 Å². The van der Waals surface area contributed by atoms with Crippen LogP contribution in [-0.2, 0) is 10.3 Å². The third-order valence-electron chi connectivity index (χ3n) is 2.77. The van der Waals surface area contributed by atoms with Gasteiger partial charge in [-0.15, -0.1) is 0 Å². The number of hydrogen-bond acceptors (Lipinski definition) is 2. The van der Waals surface area contributed by atoms with E-state index in [4.69, 9.17) is 4.74 Å². The normalized spacial score (nSPS) is 19.4. The lowest BCUT2D eigenvalue weighted by molar-refractivity contribution is -0.185. The van der Waals surface area contributed by atoms with E-state index in [1.165, 1.54) is 5.56 Å². The summed E-state index contributed by atoms with van der Waals surface area (Å²) in [7, 11) is 0. The van der Waals surface area contributed by atoms with E-state index in [9.17, 15) is 5.11 Å². The van der Waals surface area contributed by atoms with Crippen LogP contribution in [0.3, 0.4) is 0 Å². The minimum atomic E-state index is -0.735. The molecular formula is C12H16O2. The Balaban J connectivity index is 2.41. The van der Waals surface area contributed by atoms with Crippen molar-refractivity contribution in [2.45, 2.75) is 25.4 Å². The van der Waals surface area contributed by atoms with Crippen molar-refractivity contribution in [3.05, 3.63) is 35.4 Å². The second-order valence-electron chi connectivity index (χ2n) is 4.27. The highest BCUT2D eigenvalue weighted by Crippen LogP contribution is 2.34. The molecule has 14 heavy (non-hydrogen) atoms. The Morgan fingerprint density at radius 1 is 1.29 bits per heavy atom. The van der Waals surface area contributed by atoms with Crippen LogP contribution in [-0.4, -0.2) is 18.3 Å². The summed E-state index contributed by atoms with van der Waals surface area (Å²) in [5.74, 6) is 0.441. The smallest absolute Gasteiger partial charge is 0.136 e. The quantitative estimate of drug-likeness (QED) is 0.777. The molecule has 0 saturated carbocycles. The van der Waals surface area contributed by atoms with Crippen LogP contribution in [0, 0.1) is 0 Å². The van der Waals surface area contributed by atoms with Crippen molar-refractivity contribution in [1.82, 2.24) is 0 Å². The molecule has 0 aromatic heterocycles. The highest BCUT2D eigenvalue weighted by atomic mass is 16.5. The fourth-order valence-corrected chi connectivity index (χ4v) is 1.88. The summed E-state index contributed by atoms with van der Waals surface area (Å²) in [4.78, 5) is 0. The molecule has 1 aromatic carbocycles. The summed E-state index contributed by atoms with van der Waals surface area (Å²) in [6, 6.07) is 8.06. The number of hydrogen-bond donors (Lipinski definition) is 1. The Labute approximate surface area is 84.5 Å². The Morgan fingerprint density at radius 2 is 1.93 bits per heavy atom. The zero-order chi connectivity index (χ0) is 10.2. The summed E-state index contributed by atoms with van der Waals surface area (Å²) in [5.41, 5.74) is 1.51. The molecule has 1 fully saturated rings. The fourth-order valence-electron chi connectivity index (χ4n) is 1.88. The summed E-state index contributed by atoms with van der Waals surface area (Å²) >= 11 is 0. The third kappa shape index (κ3) is 1.45. The average molecular weight is 192 g/mol. The SMILES string of the molecule is CC(C)c1ccccc1C1(O)COC1. The van der Waals surface area contributed by atoms with Gasteiger partial charge in [-0.3, -0.25) is 0 Å². The van der Waals surface area contributed by atoms with Gasteiger partial charge in [0.25, 0.3) is 0 Å². The van der Waals surface area contributed by atoms with Crippen molar-refractivity contribution < 1.29 is 9.84 Å². The predicted octanol–water partition coefficient (Wildman–Crippen LogP) is 2.03. The van der Waals surface area contributed by atoms with Gasteiger partial charge in [0.05, 0.1) is 13.2 Å². The Bertz CT molecular complexity index is 327. The number of rotatable bonds is 2. The minimum Gasteiger partial charge on any atom is -0.380 e. The third-order valence-corrected chi connectivity index (χ3v) is 2.77. The molecule has 0 unspecified atom stereocenters. The number of benzene rings is 1. The first-order chi connectivity index (χ1) is 6.63. The largest absolute Gasteiger partial charge is 0.380 e. The molecule has 1 aliphatic heterocycles. The Kier molecular flexibility index (Phi) is 2.33. The van der Waals surface area contributed by atoms with Gasteiger partial charge in [-0.05, 0) is 17.0 Å². The molecule has 1 N–H and O–H groups in total. The van der Waals surface area contributed by atoms with Crippen molar-refractivity contribution in [3.63, 3.8) is 0 Å². The molecule has 0 bridgehead atoms. The van der Waals surface area contributed by atoms with E-state index in [1.807, 2.05) is 18.2 Å². The lowest BCUT2D eigenvalue weighted by atomic mass is 9.84. The van der Waals surface area contributed by atoms with Gasteiger partial charge in [0, 0.05) is 0 Å². The standard InChI is InChI=1S/C12H16O2/c1-9(2)10-5-3-4-6-11(10)12(13)7-14-8-12/h3-6,9,13H,7-8H2,1-2H3. The zero-order valence-corrected chi connectivity index (χ0v) is 8.66. The van der Waals surface area contributed by atoms with Gasteiger partial charge in [-0.25, -0.2) is 0 Å². The van der Waals surface area contributed by atoms with E-state index in [0.717, 1.165) is 5.56 Å². The van der Waals surface area contributed by atoms with Crippen LogP contribution in [0.2, 0.25) is 0 Å². The predicted molar refractivity (Wildman–Crippen MR) is 55.2 cm³/mol. The fraction of sp³-hybridized carbons (Fsp3) is 0.500. The average Bonchev–Trinajstić information content (AvgIpc) is 2.14. The topological polar surface area (TPSA) is 29.5 Å². The van der Waals surface area contributed by atoms with Crippen LogP contribution >= 0.6 is 0 Å². The molecule has 1 heterocycles. The van der Waals surface area contributed by atoms with Crippen molar-refractivity contribution in [3.8, 4) is 0 Å². The highest BCUT2D eigenvalue weighted by molar-refractivity contribution is 5.35. The van der Waals surface area contributed by atoms with Gasteiger partial charge in [-0.1, -0.05) is 38.1 Å². The summed E-state index contributed by atoms with van der Waals surface area (Å²) < 4.78 is 5.08. The molecule has 0 radical (unpaired) electrons. The van der Waals surface area contributed by atoms with E-state index in [1.54, 1.807) is 0 Å². The Morgan fingerprint density at radius 3 is 2.43 bits per heavy atom. The summed E-state index contributed by atoms with van der Waals surface area (Å²) in [6.45, 7) is 5.14. The first-order valence-electron chi connectivity index (χ1n) is 5.03. The van der Waals surface area contributed by atoms with Gasteiger partial charge in [0.15, 0.2) is 0 Å². The molecule has 1 aliphatic rings. The molecule has 0 aliphatic carbocycles. The summed E-state index contributed by atoms with van der Waals surface area (Å²) in [5, 5.41) is 10.2. The number of ether oxygens (including phenoxy) is 1. The first kappa shape index (κ1) is 9.69. The summed E-state index contributed by atoms with van der Waals surface area (Å²) in [6.07, 6.45) is 0. The molecule has 0 spiro atoms. The first-order valence-corrected chi connectivity index (χ1v) is 5.03. The molecule has 0 atom stereocenters.